The lowest BCUT2D eigenvalue weighted by Gasteiger charge is -2.29. The van der Waals surface area contributed by atoms with E-state index in [2.05, 4.69) is 0 Å². The van der Waals surface area contributed by atoms with E-state index in [0.717, 1.165) is 9.80 Å². The zero-order valence-electron chi connectivity index (χ0n) is 23.7. The van der Waals surface area contributed by atoms with Crippen LogP contribution in [0.4, 0.5) is 9.59 Å². The third-order valence-electron chi connectivity index (χ3n) is 4.80. The first-order valence-electron chi connectivity index (χ1n) is 12.5. The number of hydrogen-bond acceptors (Lipinski definition) is 10. The molecule has 212 valence electrons. The van der Waals surface area contributed by atoms with Crippen LogP contribution in [0.25, 0.3) is 0 Å². The average Bonchev–Trinajstić information content (AvgIpc) is 2.75. The van der Waals surface area contributed by atoms with Crippen molar-refractivity contribution in [1.29, 1.82) is 10.8 Å². The number of esters is 2. The van der Waals surface area contributed by atoms with Gasteiger partial charge in [-0.25, -0.2) is 19.2 Å². The van der Waals surface area contributed by atoms with Crippen molar-refractivity contribution in [3.63, 3.8) is 0 Å². The lowest BCUT2D eigenvalue weighted by atomic mass is 9.97. The van der Waals surface area contributed by atoms with E-state index in [1.165, 1.54) is 0 Å². The van der Waals surface area contributed by atoms with Crippen LogP contribution in [0.3, 0.4) is 0 Å². The van der Waals surface area contributed by atoms with Crippen LogP contribution in [-0.4, -0.2) is 83.1 Å². The first-order valence-corrected chi connectivity index (χ1v) is 12.5. The van der Waals surface area contributed by atoms with Gasteiger partial charge in [0.2, 0.25) is 11.7 Å². The number of nitrogens with zero attached hydrogens (tertiary/aromatic N) is 2. The van der Waals surface area contributed by atoms with Crippen LogP contribution in [0.2, 0.25) is 0 Å². The molecule has 0 aromatic heterocycles. The predicted octanol–water partition coefficient (Wildman–Crippen LogP) is 4.35. The van der Waals surface area contributed by atoms with E-state index in [0.29, 0.717) is 19.3 Å². The number of rotatable bonds is 9. The van der Waals surface area contributed by atoms with E-state index >= 15 is 0 Å². The maximum atomic E-state index is 12.7. The monoisotopic (exact) mass is 528 g/mol. The van der Waals surface area contributed by atoms with Crippen molar-refractivity contribution >= 4 is 35.8 Å². The van der Waals surface area contributed by atoms with Gasteiger partial charge in [-0.05, 0) is 74.1 Å². The van der Waals surface area contributed by atoms with Crippen molar-refractivity contribution in [3.8, 4) is 0 Å². The number of amides is 2. The molecule has 37 heavy (non-hydrogen) atoms. The Balaban J connectivity index is 5.61. The van der Waals surface area contributed by atoms with Gasteiger partial charge in [-0.1, -0.05) is 13.3 Å². The molecular formula is C25H44N4O8. The number of ether oxygens (including phenoxy) is 4. The molecule has 2 N–H and O–H groups in total. The molecule has 0 aliphatic rings. The Kier molecular flexibility index (Phi) is 13.9. The van der Waals surface area contributed by atoms with Crippen LogP contribution in [0.5, 0.6) is 0 Å². The van der Waals surface area contributed by atoms with Gasteiger partial charge in [-0.15, -0.1) is 0 Å². The minimum atomic E-state index is -0.944. The standard InChI is InChI=1S/C25H44N4O8/c1-10-17(13-15-28(18(26)20(30)34-11-2)22(32)36-24(4,5)6)14-16-29(19(27)21(31)35-12-3)23(33)37-25(7,8)9/h17,26-27H,10-16H2,1-9H3. The van der Waals surface area contributed by atoms with Crippen molar-refractivity contribution in [2.24, 2.45) is 5.92 Å². The van der Waals surface area contributed by atoms with E-state index in [1.54, 1.807) is 55.4 Å². The maximum absolute atomic E-state index is 12.7. The first kappa shape index (κ1) is 33.8. The van der Waals surface area contributed by atoms with Crippen LogP contribution < -0.4 is 0 Å². The minimum absolute atomic E-state index is 0.00712. The van der Waals surface area contributed by atoms with Crippen LogP contribution in [0.1, 0.15) is 81.6 Å². The Morgan fingerprint density at radius 1 is 0.676 bits per heavy atom. The van der Waals surface area contributed by atoms with Gasteiger partial charge in [-0.3, -0.25) is 20.6 Å². The van der Waals surface area contributed by atoms with Gasteiger partial charge in [0.25, 0.3) is 0 Å². The Hall–Kier alpha value is -3.18. The summed E-state index contributed by atoms with van der Waals surface area (Å²) in [7, 11) is 0. The van der Waals surface area contributed by atoms with E-state index in [1.807, 2.05) is 6.92 Å². The summed E-state index contributed by atoms with van der Waals surface area (Å²) in [5, 5.41) is 16.3. The quantitative estimate of drug-likeness (QED) is 0.193. The zero-order valence-corrected chi connectivity index (χ0v) is 23.7. The van der Waals surface area contributed by atoms with Gasteiger partial charge >= 0.3 is 24.1 Å². The number of nitrogens with one attached hydrogen (secondary N) is 2. The molecule has 0 aliphatic heterocycles. The molecule has 0 saturated heterocycles. The van der Waals surface area contributed by atoms with E-state index in [9.17, 15) is 19.2 Å². The summed E-state index contributed by atoms with van der Waals surface area (Å²) in [5.41, 5.74) is -1.67. The lowest BCUT2D eigenvalue weighted by Crippen LogP contribution is -2.46. The second-order valence-corrected chi connectivity index (χ2v) is 10.3. The average molecular weight is 529 g/mol. The summed E-state index contributed by atoms with van der Waals surface area (Å²) in [6.45, 7) is 15.2. The summed E-state index contributed by atoms with van der Waals surface area (Å²) in [5.74, 6) is -3.25. The molecule has 0 radical (unpaired) electrons. The van der Waals surface area contributed by atoms with Gasteiger partial charge in [-0.2, -0.15) is 0 Å². The molecule has 0 heterocycles. The van der Waals surface area contributed by atoms with Crippen LogP contribution in [0.15, 0.2) is 0 Å². The van der Waals surface area contributed by atoms with Crippen LogP contribution in [-0.2, 0) is 28.5 Å². The number of carbonyl (C=O) groups excluding carboxylic acids is 4. The summed E-state index contributed by atoms with van der Waals surface area (Å²) in [6.07, 6.45) is -0.359. The largest absolute Gasteiger partial charge is 0.460 e. The summed E-state index contributed by atoms with van der Waals surface area (Å²) < 4.78 is 20.5. The van der Waals surface area contributed by atoms with Gasteiger partial charge in [0, 0.05) is 13.1 Å². The molecule has 0 aliphatic carbocycles. The Morgan fingerprint density at radius 2 is 1.00 bits per heavy atom. The van der Waals surface area contributed by atoms with Gasteiger partial charge in [0.15, 0.2) is 0 Å². The summed E-state index contributed by atoms with van der Waals surface area (Å²) >= 11 is 0. The van der Waals surface area contributed by atoms with Crippen LogP contribution in [0, 0.1) is 16.7 Å². The van der Waals surface area contributed by atoms with Crippen molar-refractivity contribution in [1.82, 2.24) is 9.80 Å². The van der Waals surface area contributed by atoms with Gasteiger partial charge in [0.1, 0.15) is 11.2 Å². The molecule has 0 fully saturated rings. The number of hydrogen-bond donors (Lipinski definition) is 2. The van der Waals surface area contributed by atoms with Crippen LogP contribution >= 0.6 is 0 Å². The maximum Gasteiger partial charge on any atom is 0.416 e. The highest BCUT2D eigenvalue weighted by molar-refractivity contribution is 6.36. The molecule has 0 aromatic rings. The molecule has 0 spiro atoms. The molecule has 0 rings (SSSR count). The molecule has 12 nitrogen and oxygen atoms in total. The molecule has 2 amide bonds. The van der Waals surface area contributed by atoms with Crippen molar-refractivity contribution in [3.05, 3.63) is 0 Å². The summed E-state index contributed by atoms with van der Waals surface area (Å²) in [6, 6.07) is 0. The number of carbonyl (C=O) groups is 4. The van der Waals surface area contributed by atoms with Gasteiger partial charge < -0.3 is 18.9 Å². The molecule has 0 aromatic carbocycles. The highest BCUT2D eigenvalue weighted by atomic mass is 16.6. The highest BCUT2D eigenvalue weighted by Crippen LogP contribution is 2.19. The first-order chi connectivity index (χ1) is 17.0. The normalized spacial score (nSPS) is 12.1. The molecule has 0 saturated carbocycles. The molecule has 0 bridgehead atoms. The Bertz CT molecular complexity index is 764. The molecule has 12 heteroatoms. The van der Waals surface area contributed by atoms with Crippen molar-refractivity contribution in [2.75, 3.05) is 26.3 Å². The fraction of sp³-hybridized carbons (Fsp3) is 0.760. The Labute approximate surface area is 219 Å². The third-order valence-corrected chi connectivity index (χ3v) is 4.80. The fourth-order valence-corrected chi connectivity index (χ4v) is 3.02. The SMILES string of the molecule is CCOC(=O)C(=N)N(CCC(CC)CCN(C(=N)C(=O)OCC)C(=O)OC(C)(C)C)C(=O)OC(C)(C)C. The third kappa shape index (κ3) is 13.1. The molecule has 0 atom stereocenters. The number of amidine groups is 2. The topological polar surface area (TPSA) is 159 Å². The van der Waals surface area contributed by atoms with E-state index in [4.69, 9.17) is 29.8 Å². The minimum Gasteiger partial charge on any atom is -0.460 e. The predicted molar refractivity (Wildman–Crippen MR) is 138 cm³/mol. The van der Waals surface area contributed by atoms with Crippen molar-refractivity contribution in [2.45, 2.75) is 92.8 Å². The van der Waals surface area contributed by atoms with Crippen molar-refractivity contribution < 1.29 is 38.1 Å². The van der Waals surface area contributed by atoms with E-state index in [-0.39, 0.29) is 32.2 Å². The molecule has 0 unspecified atom stereocenters. The molecular weight excluding hydrogens is 484 g/mol. The van der Waals surface area contributed by atoms with Gasteiger partial charge in [0.05, 0.1) is 13.2 Å². The lowest BCUT2D eigenvalue weighted by molar-refractivity contribution is -0.136. The second-order valence-electron chi connectivity index (χ2n) is 10.3. The zero-order chi connectivity index (χ0) is 29.0. The second kappa shape index (κ2) is 15.2. The van der Waals surface area contributed by atoms with E-state index < -0.39 is 47.0 Å². The fourth-order valence-electron chi connectivity index (χ4n) is 3.02. The highest BCUT2D eigenvalue weighted by Gasteiger charge is 2.32. The summed E-state index contributed by atoms with van der Waals surface area (Å²) in [4.78, 5) is 51.6. The Morgan fingerprint density at radius 3 is 1.24 bits per heavy atom. The smallest absolute Gasteiger partial charge is 0.416 e.